The van der Waals surface area contributed by atoms with E-state index in [1.807, 2.05) is 12.1 Å². The first-order valence-corrected chi connectivity index (χ1v) is 11.7. The molecule has 8 heteroatoms. The van der Waals surface area contributed by atoms with Crippen LogP contribution in [0.15, 0.2) is 83.5 Å². The third-order valence-electron chi connectivity index (χ3n) is 5.34. The first-order valence-electron chi connectivity index (χ1n) is 10.8. The molecule has 0 N–H and O–H groups in total. The molecule has 3 aromatic rings. The van der Waals surface area contributed by atoms with Crippen molar-refractivity contribution in [2.24, 2.45) is 4.99 Å². The largest absolute Gasteiger partial charge is 0.497 e. The highest BCUT2D eigenvalue weighted by Crippen LogP contribution is 2.33. The van der Waals surface area contributed by atoms with Gasteiger partial charge in [-0.05, 0) is 67.1 Å². The minimum atomic E-state index is -0.569. The number of halogens is 1. The Hall–Kier alpha value is -3.91. The zero-order valence-electron chi connectivity index (χ0n) is 19.4. The maximum absolute atomic E-state index is 13.4. The lowest BCUT2D eigenvalue weighted by Crippen LogP contribution is -2.32. The van der Waals surface area contributed by atoms with Gasteiger partial charge in [0.15, 0.2) is 11.0 Å². The Balaban J connectivity index is 1.67. The summed E-state index contributed by atoms with van der Waals surface area (Å²) in [4.78, 5) is 32.4. The molecule has 0 radical (unpaired) electrons. The Labute approximate surface area is 207 Å². The maximum Gasteiger partial charge on any atom is 0.283 e. The number of amidine groups is 1. The quantitative estimate of drug-likeness (QED) is 0.319. The summed E-state index contributed by atoms with van der Waals surface area (Å²) >= 11 is 1.17. The number of methoxy groups -OCH3 is 2. The van der Waals surface area contributed by atoms with E-state index in [1.165, 1.54) is 40.9 Å². The number of carbonyl (C=O) groups excluding carboxylic acids is 2. The molecular formula is C27H23FN2O4S. The molecule has 0 fully saturated rings. The number of aliphatic imine (C=N–C) groups is 1. The molecule has 1 amide bonds. The summed E-state index contributed by atoms with van der Waals surface area (Å²) in [5, 5.41) is -0.202. The summed E-state index contributed by atoms with van der Waals surface area (Å²) in [6.45, 7) is 1.73. The average molecular weight is 491 g/mol. The van der Waals surface area contributed by atoms with Crippen LogP contribution in [0.3, 0.4) is 0 Å². The molecule has 4 rings (SSSR count). The summed E-state index contributed by atoms with van der Waals surface area (Å²) < 4.78 is 23.8. The highest BCUT2D eigenvalue weighted by Gasteiger charge is 2.34. The molecule has 6 nitrogen and oxygen atoms in total. The molecule has 35 heavy (non-hydrogen) atoms. The van der Waals surface area contributed by atoms with Gasteiger partial charge in [0.05, 0.1) is 25.2 Å². The van der Waals surface area contributed by atoms with E-state index in [4.69, 9.17) is 9.47 Å². The lowest BCUT2D eigenvalue weighted by atomic mass is 10.1. The van der Waals surface area contributed by atoms with Gasteiger partial charge in [0.2, 0.25) is 0 Å². The second kappa shape index (κ2) is 10.6. The summed E-state index contributed by atoms with van der Waals surface area (Å²) in [7, 11) is 3.13. The van der Waals surface area contributed by atoms with Gasteiger partial charge in [0.25, 0.3) is 5.91 Å². The smallest absolute Gasteiger partial charge is 0.283 e. The molecular weight excluding hydrogens is 467 g/mol. The van der Waals surface area contributed by atoms with Crippen LogP contribution >= 0.6 is 11.8 Å². The Bertz CT molecular complexity index is 1300. The molecule has 0 saturated carbocycles. The van der Waals surface area contributed by atoms with Crippen molar-refractivity contribution in [3.63, 3.8) is 0 Å². The van der Waals surface area contributed by atoms with E-state index < -0.39 is 11.1 Å². The number of Topliss-reactive ketones (excluding diaryl/α,β-unsaturated/α-hetero) is 1. The van der Waals surface area contributed by atoms with Crippen LogP contribution in [0, 0.1) is 5.82 Å². The normalized spacial score (nSPS) is 15.2. The van der Waals surface area contributed by atoms with Crippen LogP contribution in [-0.2, 0) is 4.79 Å². The molecule has 1 aliphatic heterocycles. The number of ether oxygens (including phenoxy) is 2. The second-order valence-corrected chi connectivity index (χ2v) is 8.98. The van der Waals surface area contributed by atoms with Crippen LogP contribution in [0.1, 0.15) is 22.8 Å². The molecule has 1 unspecified atom stereocenters. The predicted molar refractivity (Wildman–Crippen MR) is 137 cm³/mol. The zero-order chi connectivity index (χ0) is 24.9. The lowest BCUT2D eigenvalue weighted by Gasteiger charge is -2.20. The number of carbonyl (C=O) groups is 2. The Morgan fingerprint density at radius 3 is 2.34 bits per heavy atom. The number of benzene rings is 3. The number of anilines is 1. The fourth-order valence-electron chi connectivity index (χ4n) is 3.47. The van der Waals surface area contributed by atoms with Crippen LogP contribution in [0.5, 0.6) is 11.5 Å². The predicted octanol–water partition coefficient (Wildman–Crippen LogP) is 5.59. The van der Waals surface area contributed by atoms with Crippen LogP contribution in [0.25, 0.3) is 6.08 Å². The summed E-state index contributed by atoms with van der Waals surface area (Å²) in [6.07, 6.45) is 1.69. The molecule has 0 spiro atoms. The second-order valence-electron chi connectivity index (χ2n) is 7.67. The molecule has 178 valence electrons. The Kier molecular flexibility index (Phi) is 7.31. The van der Waals surface area contributed by atoms with Crippen molar-refractivity contribution in [2.45, 2.75) is 12.2 Å². The van der Waals surface area contributed by atoms with Crippen molar-refractivity contribution in [3.05, 3.63) is 95.4 Å². The minimum Gasteiger partial charge on any atom is -0.497 e. The molecule has 3 aromatic carbocycles. The van der Waals surface area contributed by atoms with Crippen LogP contribution < -0.4 is 14.4 Å². The van der Waals surface area contributed by atoms with E-state index in [0.29, 0.717) is 27.9 Å². The van der Waals surface area contributed by atoms with Crippen molar-refractivity contribution in [1.29, 1.82) is 0 Å². The number of nitrogens with zero attached hydrogens (tertiary/aromatic N) is 2. The fraction of sp³-hybridized carbons (Fsp3) is 0.148. The van der Waals surface area contributed by atoms with Gasteiger partial charge >= 0.3 is 0 Å². The highest BCUT2D eigenvalue weighted by atomic mass is 32.2. The number of rotatable bonds is 7. The van der Waals surface area contributed by atoms with Crippen molar-refractivity contribution in [1.82, 2.24) is 0 Å². The molecule has 1 aliphatic rings. The molecule has 0 aliphatic carbocycles. The molecule has 0 aromatic heterocycles. The first kappa shape index (κ1) is 24.2. The standard InChI is InChI=1S/C27H23FN2O4S/c1-17(25(31)19-9-11-20(28)12-10-19)35-27-29-24(15-18-7-13-22(33-2)14-8-18)26(32)30(27)21-5-4-6-23(16-21)34-3/h4-17H,1-3H3/b24-15-. The van der Waals surface area contributed by atoms with Gasteiger partial charge < -0.3 is 9.47 Å². The molecule has 1 heterocycles. The van der Waals surface area contributed by atoms with E-state index in [0.717, 1.165) is 5.56 Å². The number of hydrogen-bond donors (Lipinski definition) is 0. The van der Waals surface area contributed by atoms with Crippen LogP contribution in [-0.4, -0.2) is 36.3 Å². The number of hydrogen-bond acceptors (Lipinski definition) is 6. The first-order chi connectivity index (χ1) is 16.9. The van der Waals surface area contributed by atoms with E-state index in [9.17, 15) is 14.0 Å². The van der Waals surface area contributed by atoms with Gasteiger partial charge in [-0.25, -0.2) is 9.38 Å². The topological polar surface area (TPSA) is 68.2 Å². The van der Waals surface area contributed by atoms with E-state index in [2.05, 4.69) is 4.99 Å². The summed E-state index contributed by atoms with van der Waals surface area (Å²) in [5.74, 6) is 0.366. The van der Waals surface area contributed by atoms with E-state index in [-0.39, 0.29) is 17.4 Å². The SMILES string of the molecule is COc1ccc(/C=C2\N=C(SC(C)C(=O)c3ccc(F)cc3)N(c3cccc(OC)c3)C2=O)cc1. The number of ketones is 1. The maximum atomic E-state index is 13.4. The third kappa shape index (κ3) is 5.44. The van der Waals surface area contributed by atoms with Crippen molar-refractivity contribution < 1.29 is 23.5 Å². The zero-order valence-corrected chi connectivity index (χ0v) is 20.2. The highest BCUT2D eigenvalue weighted by molar-refractivity contribution is 8.15. The van der Waals surface area contributed by atoms with Crippen LogP contribution in [0.4, 0.5) is 10.1 Å². The number of thioether (sulfide) groups is 1. The van der Waals surface area contributed by atoms with Crippen molar-refractivity contribution in [2.75, 3.05) is 19.1 Å². The van der Waals surface area contributed by atoms with E-state index >= 15 is 0 Å². The minimum absolute atomic E-state index is 0.191. The summed E-state index contributed by atoms with van der Waals surface area (Å²) in [6, 6.07) is 19.7. The van der Waals surface area contributed by atoms with Gasteiger partial charge in [-0.1, -0.05) is 30.0 Å². The van der Waals surface area contributed by atoms with Gasteiger partial charge in [0, 0.05) is 11.6 Å². The van der Waals surface area contributed by atoms with Crippen LogP contribution in [0.2, 0.25) is 0 Å². The van der Waals surface area contributed by atoms with Crippen molar-refractivity contribution >= 4 is 40.4 Å². The van der Waals surface area contributed by atoms with Gasteiger partial charge in [-0.2, -0.15) is 0 Å². The fourth-order valence-corrected chi connectivity index (χ4v) is 4.48. The average Bonchev–Trinajstić information content (AvgIpc) is 3.18. The number of amides is 1. The molecule has 0 saturated heterocycles. The third-order valence-corrected chi connectivity index (χ3v) is 6.39. The summed E-state index contributed by atoms with van der Waals surface area (Å²) in [5.41, 5.74) is 1.98. The van der Waals surface area contributed by atoms with Gasteiger partial charge in [-0.15, -0.1) is 0 Å². The van der Waals surface area contributed by atoms with Crippen molar-refractivity contribution in [3.8, 4) is 11.5 Å². The Morgan fingerprint density at radius 2 is 1.69 bits per heavy atom. The Morgan fingerprint density at radius 1 is 1.00 bits per heavy atom. The monoisotopic (exact) mass is 490 g/mol. The lowest BCUT2D eigenvalue weighted by molar-refractivity contribution is -0.113. The van der Waals surface area contributed by atoms with Gasteiger partial charge in [-0.3, -0.25) is 14.5 Å². The molecule has 0 bridgehead atoms. The van der Waals surface area contributed by atoms with Gasteiger partial charge in [0.1, 0.15) is 23.0 Å². The van der Waals surface area contributed by atoms with E-state index in [1.54, 1.807) is 63.6 Å². The molecule has 1 atom stereocenters.